The van der Waals surface area contributed by atoms with Crippen LogP contribution in [0.2, 0.25) is 5.02 Å². The van der Waals surface area contributed by atoms with Gasteiger partial charge in [-0.25, -0.2) is 4.98 Å². The van der Waals surface area contributed by atoms with Gasteiger partial charge in [-0.2, -0.15) is 0 Å². The molecule has 1 atom stereocenters. The zero-order valence-corrected chi connectivity index (χ0v) is 16.7. The van der Waals surface area contributed by atoms with E-state index in [0.717, 1.165) is 52.1 Å². The van der Waals surface area contributed by atoms with E-state index in [1.165, 1.54) is 0 Å². The number of halogens is 2. The fourth-order valence-electron chi connectivity index (χ4n) is 3.01. The number of rotatable bonds is 4. The molecule has 1 fully saturated rings. The lowest BCUT2D eigenvalue weighted by Gasteiger charge is -2.23. The Bertz CT molecular complexity index is 712. The van der Waals surface area contributed by atoms with E-state index < -0.39 is 0 Å². The lowest BCUT2D eigenvalue weighted by atomic mass is 9.97. The molecular formula is C18H23Cl2N3OS. The molecule has 0 spiro atoms. The van der Waals surface area contributed by atoms with Crippen LogP contribution in [0.25, 0.3) is 10.6 Å². The van der Waals surface area contributed by atoms with Crippen LogP contribution in [0, 0.1) is 12.8 Å². The van der Waals surface area contributed by atoms with Gasteiger partial charge < -0.3 is 10.6 Å². The van der Waals surface area contributed by atoms with E-state index >= 15 is 0 Å². The van der Waals surface area contributed by atoms with Gasteiger partial charge in [-0.05, 0) is 51.9 Å². The predicted octanol–water partition coefficient (Wildman–Crippen LogP) is 4.37. The van der Waals surface area contributed by atoms with Gasteiger partial charge in [0.05, 0.1) is 16.6 Å². The van der Waals surface area contributed by atoms with Crippen molar-refractivity contribution in [3.05, 3.63) is 39.9 Å². The van der Waals surface area contributed by atoms with Crippen molar-refractivity contribution in [1.29, 1.82) is 0 Å². The third kappa shape index (κ3) is 4.94. The number of piperidine rings is 1. The molecule has 1 aromatic carbocycles. The maximum Gasteiger partial charge on any atom is 0.223 e. The molecule has 1 saturated heterocycles. The van der Waals surface area contributed by atoms with Gasteiger partial charge in [-0.15, -0.1) is 23.7 Å². The molecule has 3 rings (SSSR count). The van der Waals surface area contributed by atoms with Crippen molar-refractivity contribution in [2.45, 2.75) is 32.7 Å². The van der Waals surface area contributed by atoms with Crippen LogP contribution in [0.5, 0.6) is 0 Å². The third-order valence-electron chi connectivity index (χ3n) is 4.39. The quantitative estimate of drug-likeness (QED) is 0.801. The minimum absolute atomic E-state index is 0. The van der Waals surface area contributed by atoms with E-state index in [9.17, 15) is 4.79 Å². The molecule has 2 aromatic rings. The molecule has 0 radical (unpaired) electrons. The molecule has 136 valence electrons. The minimum atomic E-state index is -0.0223. The van der Waals surface area contributed by atoms with Crippen molar-refractivity contribution in [2.24, 2.45) is 5.92 Å². The molecule has 2 heterocycles. The number of thiazole rings is 1. The fraction of sp³-hybridized carbons (Fsp3) is 0.444. The first-order valence-corrected chi connectivity index (χ1v) is 9.48. The Morgan fingerprint density at radius 3 is 2.60 bits per heavy atom. The van der Waals surface area contributed by atoms with Gasteiger partial charge >= 0.3 is 0 Å². The summed E-state index contributed by atoms with van der Waals surface area (Å²) in [6.45, 7) is 5.88. The molecule has 25 heavy (non-hydrogen) atoms. The smallest absolute Gasteiger partial charge is 0.223 e. The molecule has 7 heteroatoms. The largest absolute Gasteiger partial charge is 0.348 e. The van der Waals surface area contributed by atoms with E-state index in [-0.39, 0.29) is 30.3 Å². The summed E-state index contributed by atoms with van der Waals surface area (Å²) in [5.74, 6) is 0.280. The number of nitrogens with one attached hydrogen (secondary N) is 2. The number of amides is 1. The summed E-state index contributed by atoms with van der Waals surface area (Å²) in [4.78, 5) is 18.2. The van der Waals surface area contributed by atoms with E-state index in [2.05, 4.69) is 15.6 Å². The third-order valence-corrected chi connectivity index (χ3v) is 6.03. The maximum atomic E-state index is 12.4. The highest BCUT2D eigenvalue weighted by Crippen LogP contribution is 2.32. The number of carbonyl (C=O) groups is 1. The number of benzene rings is 1. The van der Waals surface area contributed by atoms with Crippen LogP contribution in [0.3, 0.4) is 0 Å². The van der Waals surface area contributed by atoms with Gasteiger partial charge in [0.1, 0.15) is 5.01 Å². The Morgan fingerprint density at radius 1 is 1.32 bits per heavy atom. The number of aromatic nitrogens is 1. The summed E-state index contributed by atoms with van der Waals surface area (Å²) in [6, 6.07) is 7.67. The number of hydrogen-bond donors (Lipinski definition) is 2. The van der Waals surface area contributed by atoms with Crippen molar-refractivity contribution in [1.82, 2.24) is 15.6 Å². The standard InChI is InChI=1S/C18H22ClN3OS.ClH/c1-11(21-17(23)13-7-9-20-10-8-13)16-12(2)22-18(24-16)14-3-5-15(19)6-4-14;/h3-6,11,13,20H,7-10H2,1-2H3,(H,21,23);1H. The molecule has 1 aromatic heterocycles. The molecule has 0 aliphatic carbocycles. The zero-order chi connectivity index (χ0) is 17.1. The average molecular weight is 400 g/mol. The molecule has 1 aliphatic heterocycles. The molecule has 1 amide bonds. The average Bonchev–Trinajstić information content (AvgIpc) is 2.98. The summed E-state index contributed by atoms with van der Waals surface area (Å²) in [6.07, 6.45) is 1.83. The highest BCUT2D eigenvalue weighted by molar-refractivity contribution is 7.15. The van der Waals surface area contributed by atoms with Crippen LogP contribution in [-0.4, -0.2) is 24.0 Å². The number of nitrogens with zero attached hydrogens (tertiary/aromatic N) is 1. The molecule has 1 unspecified atom stereocenters. The maximum absolute atomic E-state index is 12.4. The Labute approximate surface area is 163 Å². The highest BCUT2D eigenvalue weighted by Gasteiger charge is 2.24. The molecule has 0 bridgehead atoms. The zero-order valence-electron chi connectivity index (χ0n) is 14.3. The van der Waals surface area contributed by atoms with Crippen molar-refractivity contribution < 1.29 is 4.79 Å². The number of carbonyl (C=O) groups excluding carboxylic acids is 1. The Morgan fingerprint density at radius 2 is 1.96 bits per heavy atom. The summed E-state index contributed by atoms with van der Waals surface area (Å²) < 4.78 is 0. The van der Waals surface area contributed by atoms with Crippen LogP contribution < -0.4 is 10.6 Å². The molecule has 2 N–H and O–H groups in total. The highest BCUT2D eigenvalue weighted by atomic mass is 35.5. The van der Waals surface area contributed by atoms with Crippen LogP contribution in [0.1, 0.15) is 36.4 Å². The van der Waals surface area contributed by atoms with Crippen molar-refractivity contribution >= 4 is 41.3 Å². The van der Waals surface area contributed by atoms with Crippen LogP contribution in [-0.2, 0) is 4.79 Å². The lowest BCUT2D eigenvalue weighted by molar-refractivity contribution is -0.126. The normalized spacial score (nSPS) is 16.1. The van der Waals surface area contributed by atoms with E-state index in [1.54, 1.807) is 11.3 Å². The van der Waals surface area contributed by atoms with Gasteiger partial charge in [0.2, 0.25) is 5.91 Å². The minimum Gasteiger partial charge on any atom is -0.348 e. The van der Waals surface area contributed by atoms with Crippen LogP contribution >= 0.6 is 35.3 Å². The van der Waals surface area contributed by atoms with E-state index in [4.69, 9.17) is 11.6 Å². The molecule has 1 aliphatic rings. The number of hydrogen-bond acceptors (Lipinski definition) is 4. The van der Waals surface area contributed by atoms with Gasteiger partial charge in [-0.1, -0.05) is 23.7 Å². The number of aryl methyl sites for hydroxylation is 1. The summed E-state index contributed by atoms with van der Waals surface area (Å²) in [5, 5.41) is 8.13. The first-order chi connectivity index (χ1) is 11.5. The summed E-state index contributed by atoms with van der Waals surface area (Å²) in [7, 11) is 0. The van der Waals surface area contributed by atoms with Gasteiger partial charge in [-0.3, -0.25) is 4.79 Å². The Kier molecular flexibility index (Phi) is 7.25. The fourth-order valence-corrected chi connectivity index (χ4v) is 4.21. The van der Waals surface area contributed by atoms with Crippen molar-refractivity contribution in [2.75, 3.05) is 13.1 Å². The summed E-state index contributed by atoms with van der Waals surface area (Å²) >= 11 is 7.58. The Balaban J connectivity index is 0.00000225. The van der Waals surface area contributed by atoms with Gasteiger partial charge in [0, 0.05) is 16.5 Å². The topological polar surface area (TPSA) is 54.0 Å². The summed E-state index contributed by atoms with van der Waals surface area (Å²) in [5.41, 5.74) is 2.03. The molecule has 4 nitrogen and oxygen atoms in total. The first kappa shape index (κ1) is 20.2. The van der Waals surface area contributed by atoms with E-state index in [0.29, 0.717) is 0 Å². The predicted molar refractivity (Wildman–Crippen MR) is 107 cm³/mol. The van der Waals surface area contributed by atoms with Crippen molar-refractivity contribution in [3.63, 3.8) is 0 Å². The second kappa shape index (κ2) is 8.99. The molecular weight excluding hydrogens is 377 g/mol. The SMILES string of the molecule is Cc1nc(-c2ccc(Cl)cc2)sc1C(C)NC(=O)C1CCNCC1.Cl. The second-order valence-electron chi connectivity index (χ2n) is 6.23. The van der Waals surface area contributed by atoms with Crippen LogP contribution in [0.15, 0.2) is 24.3 Å². The van der Waals surface area contributed by atoms with E-state index in [1.807, 2.05) is 38.1 Å². The van der Waals surface area contributed by atoms with Gasteiger partial charge in [0.15, 0.2) is 0 Å². The van der Waals surface area contributed by atoms with Crippen LogP contribution in [0.4, 0.5) is 0 Å². The van der Waals surface area contributed by atoms with Gasteiger partial charge in [0.25, 0.3) is 0 Å². The molecule has 0 saturated carbocycles. The second-order valence-corrected chi connectivity index (χ2v) is 7.70. The lowest BCUT2D eigenvalue weighted by Crippen LogP contribution is -2.39. The monoisotopic (exact) mass is 399 g/mol. The Hall–Kier alpha value is -1.14. The first-order valence-electron chi connectivity index (χ1n) is 8.29. The van der Waals surface area contributed by atoms with Crippen molar-refractivity contribution in [3.8, 4) is 10.6 Å².